The van der Waals surface area contributed by atoms with Gasteiger partial charge in [-0.25, -0.2) is 0 Å². The van der Waals surface area contributed by atoms with E-state index < -0.39 is 0 Å². The van der Waals surface area contributed by atoms with Gasteiger partial charge in [-0.2, -0.15) is 0 Å². The Balaban J connectivity index is 1.89. The first-order valence-corrected chi connectivity index (χ1v) is 10.3. The van der Waals surface area contributed by atoms with Crippen molar-refractivity contribution in [3.8, 4) is 0 Å². The standard InChI is InChI=1S/C18H27NOSe/c1-2-3-14-21-18(19-17-12-8-5-9-13-17)20-15-16-10-6-4-7-11-16/h4,6-7,10-11,17H,2-3,5,8-9,12-15H2,1H3. The first-order valence-electron chi connectivity index (χ1n) is 8.26. The van der Waals surface area contributed by atoms with Crippen LogP contribution in [-0.4, -0.2) is 25.8 Å². The van der Waals surface area contributed by atoms with E-state index in [0.29, 0.717) is 27.6 Å². The topological polar surface area (TPSA) is 21.6 Å². The third-order valence-corrected chi connectivity index (χ3v) is 5.81. The Labute approximate surface area is 135 Å². The quantitative estimate of drug-likeness (QED) is 0.299. The fourth-order valence-electron chi connectivity index (χ4n) is 2.50. The molecule has 1 aliphatic rings. The van der Waals surface area contributed by atoms with Crippen LogP contribution in [0.5, 0.6) is 0 Å². The van der Waals surface area contributed by atoms with Gasteiger partial charge in [0.1, 0.15) is 0 Å². The average molecular weight is 352 g/mol. The Morgan fingerprint density at radius 2 is 1.95 bits per heavy atom. The van der Waals surface area contributed by atoms with Crippen molar-refractivity contribution in [2.24, 2.45) is 4.99 Å². The van der Waals surface area contributed by atoms with Crippen molar-refractivity contribution in [3.63, 3.8) is 0 Å². The van der Waals surface area contributed by atoms with Gasteiger partial charge in [0.05, 0.1) is 0 Å². The van der Waals surface area contributed by atoms with Crippen LogP contribution in [0, 0.1) is 0 Å². The van der Waals surface area contributed by atoms with Crippen LogP contribution in [0.3, 0.4) is 0 Å². The molecule has 116 valence electrons. The Bertz CT molecular complexity index is 412. The normalized spacial score (nSPS) is 16.9. The third-order valence-electron chi connectivity index (χ3n) is 3.79. The molecule has 0 aromatic heterocycles. The number of ether oxygens (including phenoxy) is 1. The monoisotopic (exact) mass is 353 g/mol. The summed E-state index contributed by atoms with van der Waals surface area (Å²) >= 11 is 0.405. The Kier molecular flexibility index (Phi) is 7.91. The SMILES string of the molecule is CCCC[Se]C(=NC1CCCCC1)OCc1ccccc1. The van der Waals surface area contributed by atoms with E-state index in [1.807, 2.05) is 6.07 Å². The number of nitrogens with zero attached hydrogens (tertiary/aromatic N) is 1. The fraction of sp³-hybridized carbons (Fsp3) is 0.611. The molecule has 0 radical (unpaired) electrons. The molecular weight excluding hydrogens is 325 g/mol. The molecule has 0 saturated heterocycles. The summed E-state index contributed by atoms with van der Waals surface area (Å²) in [6.45, 7) is 2.92. The minimum absolute atomic E-state index is 0.405. The van der Waals surface area contributed by atoms with Gasteiger partial charge in [-0.1, -0.05) is 0 Å². The first-order chi connectivity index (χ1) is 10.4. The van der Waals surface area contributed by atoms with Gasteiger partial charge < -0.3 is 0 Å². The van der Waals surface area contributed by atoms with Gasteiger partial charge in [0, 0.05) is 0 Å². The van der Waals surface area contributed by atoms with Crippen LogP contribution >= 0.6 is 0 Å². The molecule has 0 N–H and O–H groups in total. The van der Waals surface area contributed by atoms with Gasteiger partial charge in [-0.05, 0) is 0 Å². The maximum atomic E-state index is 6.06. The van der Waals surface area contributed by atoms with Gasteiger partial charge in [0.15, 0.2) is 0 Å². The van der Waals surface area contributed by atoms with Crippen molar-refractivity contribution < 1.29 is 4.74 Å². The van der Waals surface area contributed by atoms with Gasteiger partial charge in [0.25, 0.3) is 0 Å². The predicted molar refractivity (Wildman–Crippen MR) is 91.0 cm³/mol. The molecule has 2 rings (SSSR count). The number of hydrogen-bond donors (Lipinski definition) is 0. The van der Waals surface area contributed by atoms with Crippen LogP contribution in [0.15, 0.2) is 35.3 Å². The van der Waals surface area contributed by atoms with E-state index in [1.54, 1.807) is 0 Å². The van der Waals surface area contributed by atoms with Gasteiger partial charge >= 0.3 is 135 Å². The molecule has 2 nitrogen and oxygen atoms in total. The number of rotatable bonds is 7. The fourth-order valence-corrected chi connectivity index (χ4v) is 4.54. The predicted octanol–water partition coefficient (Wildman–Crippen LogP) is 4.81. The number of benzene rings is 1. The van der Waals surface area contributed by atoms with E-state index in [1.165, 1.54) is 55.8 Å². The van der Waals surface area contributed by atoms with Crippen LogP contribution in [-0.2, 0) is 11.3 Å². The van der Waals surface area contributed by atoms with E-state index in [2.05, 4.69) is 31.2 Å². The Morgan fingerprint density at radius 1 is 1.19 bits per heavy atom. The van der Waals surface area contributed by atoms with Crippen molar-refractivity contribution in [1.29, 1.82) is 0 Å². The van der Waals surface area contributed by atoms with Gasteiger partial charge in [-0.3, -0.25) is 0 Å². The Morgan fingerprint density at radius 3 is 2.67 bits per heavy atom. The summed E-state index contributed by atoms with van der Waals surface area (Å²) < 4.78 is 6.06. The van der Waals surface area contributed by atoms with Crippen molar-refractivity contribution >= 4 is 19.8 Å². The third kappa shape index (κ3) is 6.67. The Hall–Kier alpha value is -0.791. The molecule has 0 heterocycles. The minimum atomic E-state index is 0.405. The summed E-state index contributed by atoms with van der Waals surface area (Å²) in [4.78, 5) is 5.99. The molecule has 0 bridgehead atoms. The molecule has 1 aromatic rings. The van der Waals surface area contributed by atoms with Crippen molar-refractivity contribution in [2.75, 3.05) is 0 Å². The van der Waals surface area contributed by atoms with E-state index in [-0.39, 0.29) is 0 Å². The van der Waals surface area contributed by atoms with Crippen molar-refractivity contribution in [1.82, 2.24) is 0 Å². The van der Waals surface area contributed by atoms with Crippen molar-refractivity contribution in [3.05, 3.63) is 35.9 Å². The molecule has 1 aliphatic carbocycles. The first kappa shape index (κ1) is 16.6. The molecular formula is C18H27NOSe. The molecule has 1 fully saturated rings. The maximum absolute atomic E-state index is 6.06. The summed E-state index contributed by atoms with van der Waals surface area (Å²) in [6, 6.07) is 10.9. The summed E-state index contributed by atoms with van der Waals surface area (Å²) in [5.41, 5.74) is 1.24. The van der Waals surface area contributed by atoms with Gasteiger partial charge in [-0.15, -0.1) is 0 Å². The average Bonchev–Trinajstić information content (AvgIpc) is 2.54. The van der Waals surface area contributed by atoms with E-state index >= 15 is 0 Å². The summed E-state index contributed by atoms with van der Waals surface area (Å²) in [5, 5.41) is 1.25. The van der Waals surface area contributed by atoms with E-state index in [9.17, 15) is 0 Å². The van der Waals surface area contributed by atoms with Crippen LogP contribution in [0.25, 0.3) is 0 Å². The zero-order valence-corrected chi connectivity index (χ0v) is 14.8. The second-order valence-electron chi connectivity index (χ2n) is 5.66. The molecule has 0 amide bonds. The zero-order chi connectivity index (χ0) is 14.8. The van der Waals surface area contributed by atoms with Crippen LogP contribution in [0.1, 0.15) is 57.4 Å². The molecule has 0 spiro atoms. The number of hydrogen-bond acceptors (Lipinski definition) is 2. The van der Waals surface area contributed by atoms with Crippen molar-refractivity contribution in [2.45, 2.75) is 69.8 Å². The van der Waals surface area contributed by atoms with Crippen LogP contribution < -0.4 is 0 Å². The molecule has 1 saturated carbocycles. The van der Waals surface area contributed by atoms with Crippen LogP contribution in [0.4, 0.5) is 0 Å². The molecule has 21 heavy (non-hydrogen) atoms. The number of unbranched alkanes of at least 4 members (excludes halogenated alkanes) is 1. The molecule has 0 unspecified atom stereocenters. The van der Waals surface area contributed by atoms with E-state index in [0.717, 1.165) is 4.80 Å². The second kappa shape index (κ2) is 10.0. The second-order valence-corrected chi connectivity index (χ2v) is 7.86. The zero-order valence-electron chi connectivity index (χ0n) is 13.1. The van der Waals surface area contributed by atoms with Gasteiger partial charge in [0.2, 0.25) is 0 Å². The summed E-state index contributed by atoms with van der Waals surface area (Å²) in [6.07, 6.45) is 9.11. The number of aliphatic imine (C=N–C) groups is 1. The van der Waals surface area contributed by atoms with E-state index in [4.69, 9.17) is 9.73 Å². The summed E-state index contributed by atoms with van der Waals surface area (Å²) in [5.74, 6) is 0. The summed E-state index contributed by atoms with van der Waals surface area (Å²) in [7, 11) is 0. The molecule has 0 atom stereocenters. The molecule has 0 aliphatic heterocycles. The molecule has 3 heteroatoms. The molecule has 1 aromatic carbocycles. The van der Waals surface area contributed by atoms with Crippen LogP contribution in [0.2, 0.25) is 5.32 Å².